The summed E-state index contributed by atoms with van der Waals surface area (Å²) in [6.07, 6.45) is 0.943. The Morgan fingerprint density at radius 3 is 2.92 bits per heavy atom. The van der Waals surface area contributed by atoms with E-state index in [1.807, 2.05) is 0 Å². The Labute approximate surface area is 139 Å². The van der Waals surface area contributed by atoms with Crippen LogP contribution in [0.2, 0.25) is 0 Å². The van der Waals surface area contributed by atoms with Gasteiger partial charge in [-0.1, -0.05) is 0 Å². The average Bonchev–Trinajstić information content (AvgIpc) is 3.25. The summed E-state index contributed by atoms with van der Waals surface area (Å²) in [7, 11) is 2.97. The average molecular weight is 333 g/mol. The van der Waals surface area contributed by atoms with Gasteiger partial charge in [-0.3, -0.25) is 9.59 Å². The third-order valence-electron chi connectivity index (χ3n) is 5.13. The highest BCUT2D eigenvalue weighted by Gasteiger charge is 2.63. The lowest BCUT2D eigenvalue weighted by Crippen LogP contribution is -2.48. The quantitative estimate of drug-likeness (QED) is 0.790. The van der Waals surface area contributed by atoms with Crippen molar-refractivity contribution in [2.24, 2.45) is 0 Å². The minimum atomic E-state index is -0.639. The SMILES string of the molecule is COc1ccc(C(=O)N2CC[C@@]34OCCN3C(=O)C[C@@H]24)c(OC)n1. The molecule has 3 aliphatic heterocycles. The van der Waals surface area contributed by atoms with Gasteiger partial charge in [-0.2, -0.15) is 4.98 Å². The highest BCUT2D eigenvalue weighted by molar-refractivity contribution is 5.98. The molecule has 0 saturated carbocycles. The molecule has 0 N–H and O–H groups in total. The lowest BCUT2D eigenvalue weighted by molar-refractivity contribution is -0.136. The summed E-state index contributed by atoms with van der Waals surface area (Å²) in [5.41, 5.74) is -0.279. The molecule has 0 radical (unpaired) electrons. The molecule has 1 aromatic rings. The van der Waals surface area contributed by atoms with Crippen LogP contribution in [0, 0.1) is 0 Å². The Hall–Kier alpha value is -2.35. The van der Waals surface area contributed by atoms with E-state index in [0.29, 0.717) is 44.0 Å². The molecule has 3 saturated heterocycles. The number of hydrogen-bond acceptors (Lipinski definition) is 6. The maximum Gasteiger partial charge on any atom is 0.259 e. The van der Waals surface area contributed by atoms with Crippen LogP contribution in [0.25, 0.3) is 0 Å². The number of rotatable bonds is 3. The first kappa shape index (κ1) is 15.2. The molecule has 8 nitrogen and oxygen atoms in total. The second-order valence-corrected chi connectivity index (χ2v) is 6.12. The summed E-state index contributed by atoms with van der Waals surface area (Å²) in [5.74, 6) is 0.445. The fourth-order valence-corrected chi connectivity index (χ4v) is 4.05. The zero-order chi connectivity index (χ0) is 16.9. The fraction of sp³-hybridized carbons (Fsp3) is 0.562. The number of carbonyl (C=O) groups excluding carboxylic acids is 2. The van der Waals surface area contributed by atoms with Gasteiger partial charge >= 0.3 is 0 Å². The fourth-order valence-electron chi connectivity index (χ4n) is 4.05. The van der Waals surface area contributed by atoms with Crippen LogP contribution in [0.1, 0.15) is 23.2 Å². The molecular weight excluding hydrogens is 314 g/mol. The molecule has 3 aliphatic rings. The van der Waals surface area contributed by atoms with Gasteiger partial charge in [0, 0.05) is 25.6 Å². The zero-order valence-electron chi connectivity index (χ0n) is 13.7. The molecule has 24 heavy (non-hydrogen) atoms. The van der Waals surface area contributed by atoms with Crippen LogP contribution in [-0.4, -0.2) is 72.3 Å². The van der Waals surface area contributed by atoms with Crippen LogP contribution in [0.15, 0.2) is 12.1 Å². The summed E-state index contributed by atoms with van der Waals surface area (Å²) in [6.45, 7) is 1.67. The number of amides is 2. The Bertz CT molecular complexity index is 709. The van der Waals surface area contributed by atoms with Gasteiger partial charge in [0.05, 0.1) is 33.3 Å². The summed E-state index contributed by atoms with van der Waals surface area (Å²) < 4.78 is 16.2. The van der Waals surface area contributed by atoms with Crippen molar-refractivity contribution in [2.75, 3.05) is 33.9 Å². The summed E-state index contributed by atoms with van der Waals surface area (Å²) in [6, 6.07) is 3.01. The van der Waals surface area contributed by atoms with Crippen molar-refractivity contribution in [3.63, 3.8) is 0 Å². The van der Waals surface area contributed by atoms with Crippen molar-refractivity contribution in [1.29, 1.82) is 0 Å². The van der Waals surface area contributed by atoms with Gasteiger partial charge < -0.3 is 24.0 Å². The summed E-state index contributed by atoms with van der Waals surface area (Å²) >= 11 is 0. The molecule has 8 heteroatoms. The molecule has 4 rings (SSSR count). The third-order valence-corrected chi connectivity index (χ3v) is 5.13. The van der Waals surface area contributed by atoms with E-state index >= 15 is 0 Å². The van der Waals surface area contributed by atoms with Gasteiger partial charge in [0.1, 0.15) is 5.56 Å². The Balaban J connectivity index is 1.66. The number of likely N-dealkylation sites (tertiary alicyclic amines) is 1. The van der Waals surface area contributed by atoms with Crippen LogP contribution in [0.4, 0.5) is 0 Å². The smallest absolute Gasteiger partial charge is 0.259 e. The van der Waals surface area contributed by atoms with E-state index in [1.54, 1.807) is 21.9 Å². The number of methoxy groups -OCH3 is 2. The van der Waals surface area contributed by atoms with Gasteiger partial charge in [-0.05, 0) is 6.07 Å². The van der Waals surface area contributed by atoms with Crippen LogP contribution in [0.3, 0.4) is 0 Å². The standard InChI is InChI=1S/C16H19N3O5/c1-22-12-4-3-10(14(17-12)23-2)15(21)18-6-5-16-11(18)9-13(20)19(16)7-8-24-16/h3-4,11H,5-9H2,1-2H3/t11-,16+/m1/s1. The van der Waals surface area contributed by atoms with E-state index in [-0.39, 0.29) is 23.7 Å². The van der Waals surface area contributed by atoms with Crippen molar-refractivity contribution in [2.45, 2.75) is 24.6 Å². The summed E-state index contributed by atoms with van der Waals surface area (Å²) in [4.78, 5) is 32.9. The monoisotopic (exact) mass is 333 g/mol. The van der Waals surface area contributed by atoms with E-state index in [9.17, 15) is 9.59 Å². The number of aromatic nitrogens is 1. The largest absolute Gasteiger partial charge is 0.481 e. The number of ether oxygens (including phenoxy) is 3. The number of pyridine rings is 1. The van der Waals surface area contributed by atoms with Gasteiger partial charge in [0.15, 0.2) is 5.72 Å². The van der Waals surface area contributed by atoms with Gasteiger partial charge in [-0.15, -0.1) is 0 Å². The van der Waals surface area contributed by atoms with Crippen molar-refractivity contribution >= 4 is 11.8 Å². The minimum absolute atomic E-state index is 0.0508. The molecule has 3 fully saturated rings. The number of carbonyl (C=O) groups is 2. The molecular formula is C16H19N3O5. The Morgan fingerprint density at radius 1 is 1.33 bits per heavy atom. The molecule has 0 aromatic carbocycles. The zero-order valence-corrected chi connectivity index (χ0v) is 13.7. The molecule has 2 amide bonds. The maximum atomic E-state index is 13.0. The molecule has 128 valence electrons. The first-order valence-corrected chi connectivity index (χ1v) is 7.95. The van der Waals surface area contributed by atoms with E-state index in [4.69, 9.17) is 14.2 Å². The van der Waals surface area contributed by atoms with Gasteiger partial charge in [-0.25, -0.2) is 0 Å². The highest BCUT2D eigenvalue weighted by Crippen LogP contribution is 2.46. The molecule has 1 aromatic heterocycles. The highest BCUT2D eigenvalue weighted by atomic mass is 16.5. The van der Waals surface area contributed by atoms with Gasteiger partial charge in [0.25, 0.3) is 5.91 Å². The Kier molecular flexibility index (Phi) is 3.38. The van der Waals surface area contributed by atoms with Crippen LogP contribution < -0.4 is 9.47 Å². The van der Waals surface area contributed by atoms with Crippen molar-refractivity contribution in [1.82, 2.24) is 14.8 Å². The lowest BCUT2D eigenvalue weighted by atomic mass is 10.1. The van der Waals surface area contributed by atoms with Crippen molar-refractivity contribution < 1.29 is 23.8 Å². The lowest BCUT2D eigenvalue weighted by Gasteiger charge is -2.31. The number of hydrogen-bond donors (Lipinski definition) is 0. The second-order valence-electron chi connectivity index (χ2n) is 6.12. The van der Waals surface area contributed by atoms with Crippen LogP contribution >= 0.6 is 0 Å². The maximum absolute atomic E-state index is 13.0. The van der Waals surface area contributed by atoms with E-state index in [2.05, 4.69) is 4.98 Å². The molecule has 0 bridgehead atoms. The van der Waals surface area contributed by atoms with Gasteiger partial charge in [0.2, 0.25) is 17.7 Å². The first-order chi connectivity index (χ1) is 11.6. The predicted molar refractivity (Wildman–Crippen MR) is 81.8 cm³/mol. The Morgan fingerprint density at radius 2 is 2.17 bits per heavy atom. The molecule has 0 aliphatic carbocycles. The molecule has 0 unspecified atom stereocenters. The van der Waals surface area contributed by atoms with Crippen molar-refractivity contribution in [3.8, 4) is 11.8 Å². The van der Waals surface area contributed by atoms with E-state index in [0.717, 1.165) is 0 Å². The van der Waals surface area contributed by atoms with Crippen LogP contribution in [0.5, 0.6) is 11.8 Å². The molecule has 2 atom stereocenters. The van der Waals surface area contributed by atoms with E-state index in [1.165, 1.54) is 14.2 Å². The third kappa shape index (κ3) is 1.92. The normalized spacial score (nSPS) is 28.1. The van der Waals surface area contributed by atoms with E-state index < -0.39 is 5.72 Å². The first-order valence-electron chi connectivity index (χ1n) is 7.95. The number of nitrogens with zero attached hydrogens (tertiary/aromatic N) is 3. The predicted octanol–water partition coefficient (Wildman–Crippen LogP) is 0.272. The van der Waals surface area contributed by atoms with Crippen LogP contribution in [-0.2, 0) is 9.53 Å². The second kappa shape index (κ2) is 5.34. The molecule has 1 spiro atoms. The van der Waals surface area contributed by atoms with Crippen molar-refractivity contribution in [3.05, 3.63) is 17.7 Å². The topological polar surface area (TPSA) is 81.2 Å². The summed E-state index contributed by atoms with van der Waals surface area (Å²) in [5, 5.41) is 0. The molecule has 4 heterocycles. The minimum Gasteiger partial charge on any atom is -0.481 e.